The van der Waals surface area contributed by atoms with Gasteiger partial charge in [0.25, 0.3) is 6.54 Å². The molecule has 2 aromatic rings. The van der Waals surface area contributed by atoms with Crippen molar-refractivity contribution in [2.75, 3.05) is 6.54 Å². The fourth-order valence-electron chi connectivity index (χ4n) is 2.09. The normalized spacial score (nSPS) is 10.0. The van der Waals surface area contributed by atoms with Crippen LogP contribution in [0.4, 0.5) is 0 Å². The van der Waals surface area contributed by atoms with E-state index < -0.39 is 0 Å². The van der Waals surface area contributed by atoms with Gasteiger partial charge in [-0.15, -0.1) is 0 Å². The molecular formula is C17H16N2O. The third-order valence-corrected chi connectivity index (χ3v) is 3.23. The van der Waals surface area contributed by atoms with Crippen molar-refractivity contribution in [3.8, 4) is 0 Å². The van der Waals surface area contributed by atoms with Crippen LogP contribution in [0, 0.1) is 13.5 Å². The summed E-state index contributed by atoms with van der Waals surface area (Å²) < 4.78 is 0. The minimum Gasteiger partial charge on any atom is -0.308 e. The van der Waals surface area contributed by atoms with Gasteiger partial charge in [-0.2, -0.15) is 0 Å². The van der Waals surface area contributed by atoms with Crippen LogP contribution in [0.5, 0.6) is 0 Å². The topological polar surface area (TPSA) is 34.3 Å². The Morgan fingerprint density at radius 3 is 2.65 bits per heavy atom. The van der Waals surface area contributed by atoms with Crippen LogP contribution in [0.15, 0.2) is 42.7 Å². The van der Waals surface area contributed by atoms with Gasteiger partial charge >= 0.3 is 0 Å². The van der Waals surface area contributed by atoms with Crippen LogP contribution in [-0.4, -0.2) is 17.3 Å². The number of ketones is 1. The first-order valence-electron chi connectivity index (χ1n) is 6.55. The summed E-state index contributed by atoms with van der Waals surface area (Å²) in [6.45, 7) is 8.76. The van der Waals surface area contributed by atoms with Crippen molar-refractivity contribution in [1.29, 1.82) is 0 Å². The lowest BCUT2D eigenvalue weighted by Crippen LogP contribution is -2.07. The Hall–Kier alpha value is -2.47. The maximum absolute atomic E-state index is 11.9. The number of hydrogen-bond donors (Lipinski definition) is 0. The van der Waals surface area contributed by atoms with E-state index in [0.717, 1.165) is 18.4 Å². The number of pyridine rings is 1. The predicted molar refractivity (Wildman–Crippen MR) is 78.6 cm³/mol. The molecule has 2 rings (SSSR count). The standard InChI is InChI=1S/C17H16N2O/c1-13-3-5-14(6-4-13)7-8-15-11-19-10-9-16(15)17(20)12-18-2/h3-6,9-11H,7-8,12H2,1H3. The molecule has 1 aromatic heterocycles. The minimum absolute atomic E-state index is 0.0957. The predicted octanol–water partition coefficient (Wildman–Crippen LogP) is 3.28. The van der Waals surface area contributed by atoms with E-state index in [9.17, 15) is 4.79 Å². The monoisotopic (exact) mass is 264 g/mol. The molecule has 20 heavy (non-hydrogen) atoms. The number of aromatic nitrogens is 1. The van der Waals surface area contributed by atoms with Crippen molar-refractivity contribution in [3.05, 3.63) is 76.4 Å². The summed E-state index contributed by atoms with van der Waals surface area (Å²) in [5.74, 6) is -0.124. The summed E-state index contributed by atoms with van der Waals surface area (Å²) in [6.07, 6.45) is 4.96. The largest absolute Gasteiger partial charge is 0.308 e. The molecule has 0 fully saturated rings. The second kappa shape index (κ2) is 6.63. The number of Topliss-reactive ketones (excluding diaryl/α,β-unsaturated/α-hetero) is 1. The van der Waals surface area contributed by atoms with E-state index >= 15 is 0 Å². The lowest BCUT2D eigenvalue weighted by molar-refractivity contribution is 0.101. The van der Waals surface area contributed by atoms with Crippen LogP contribution < -0.4 is 0 Å². The van der Waals surface area contributed by atoms with Gasteiger partial charge in [0, 0.05) is 18.0 Å². The van der Waals surface area contributed by atoms with E-state index in [1.807, 2.05) is 0 Å². The zero-order valence-electron chi connectivity index (χ0n) is 11.5. The van der Waals surface area contributed by atoms with Crippen LogP contribution in [0.2, 0.25) is 0 Å². The van der Waals surface area contributed by atoms with Crippen LogP contribution in [0.3, 0.4) is 0 Å². The van der Waals surface area contributed by atoms with Gasteiger partial charge in [-0.3, -0.25) is 9.78 Å². The van der Waals surface area contributed by atoms with Gasteiger partial charge in [0.1, 0.15) is 0 Å². The molecule has 0 amide bonds. The number of benzene rings is 1. The summed E-state index contributed by atoms with van der Waals surface area (Å²) in [4.78, 5) is 19.1. The molecule has 0 aliphatic carbocycles. The van der Waals surface area contributed by atoms with E-state index in [2.05, 4.69) is 41.0 Å². The second-order valence-corrected chi connectivity index (χ2v) is 4.76. The van der Waals surface area contributed by atoms with Gasteiger partial charge in [-0.25, -0.2) is 6.57 Å². The van der Waals surface area contributed by atoms with Crippen LogP contribution in [-0.2, 0) is 12.8 Å². The highest BCUT2D eigenvalue weighted by atomic mass is 16.1. The Morgan fingerprint density at radius 1 is 1.20 bits per heavy atom. The zero-order chi connectivity index (χ0) is 14.4. The average molecular weight is 264 g/mol. The Morgan fingerprint density at radius 2 is 1.95 bits per heavy atom. The first-order valence-corrected chi connectivity index (χ1v) is 6.55. The maximum atomic E-state index is 11.9. The molecule has 100 valence electrons. The second-order valence-electron chi connectivity index (χ2n) is 4.76. The van der Waals surface area contributed by atoms with Crippen molar-refractivity contribution in [2.45, 2.75) is 19.8 Å². The number of hydrogen-bond acceptors (Lipinski definition) is 2. The van der Waals surface area contributed by atoms with E-state index in [0.29, 0.717) is 5.56 Å². The molecule has 1 heterocycles. The van der Waals surface area contributed by atoms with E-state index in [4.69, 9.17) is 6.57 Å². The number of rotatable bonds is 5. The summed E-state index contributed by atoms with van der Waals surface area (Å²) in [5, 5.41) is 0. The van der Waals surface area contributed by atoms with Crippen molar-refractivity contribution >= 4 is 5.78 Å². The fraction of sp³-hybridized carbons (Fsp3) is 0.235. The first-order chi connectivity index (χ1) is 9.70. The Bertz CT molecular complexity index is 639. The van der Waals surface area contributed by atoms with Gasteiger partial charge in [0.15, 0.2) is 0 Å². The van der Waals surface area contributed by atoms with Gasteiger partial charge < -0.3 is 4.85 Å². The molecule has 0 spiro atoms. The number of carbonyl (C=O) groups is 1. The van der Waals surface area contributed by atoms with Crippen LogP contribution in [0.1, 0.15) is 27.0 Å². The quantitative estimate of drug-likeness (QED) is 0.613. The summed E-state index contributed by atoms with van der Waals surface area (Å²) in [6, 6.07) is 10.1. The van der Waals surface area contributed by atoms with Crippen molar-refractivity contribution in [2.24, 2.45) is 0 Å². The van der Waals surface area contributed by atoms with E-state index in [-0.39, 0.29) is 12.3 Å². The molecule has 0 saturated carbocycles. The molecule has 0 atom stereocenters. The molecule has 3 heteroatoms. The number of carbonyl (C=O) groups excluding carboxylic acids is 1. The first kappa shape index (κ1) is 14.0. The van der Waals surface area contributed by atoms with E-state index in [1.54, 1.807) is 18.5 Å². The molecule has 0 unspecified atom stereocenters. The van der Waals surface area contributed by atoms with Crippen molar-refractivity contribution in [3.63, 3.8) is 0 Å². The number of nitrogens with zero attached hydrogens (tertiary/aromatic N) is 2. The third-order valence-electron chi connectivity index (χ3n) is 3.23. The molecular weight excluding hydrogens is 248 g/mol. The van der Waals surface area contributed by atoms with Gasteiger partial charge in [-0.05, 0) is 37.0 Å². The molecule has 1 aromatic carbocycles. The highest BCUT2D eigenvalue weighted by Crippen LogP contribution is 2.13. The zero-order valence-corrected chi connectivity index (χ0v) is 11.5. The highest BCUT2D eigenvalue weighted by Gasteiger charge is 2.13. The smallest absolute Gasteiger partial charge is 0.276 e. The lowest BCUT2D eigenvalue weighted by Gasteiger charge is -2.06. The van der Waals surface area contributed by atoms with Crippen molar-refractivity contribution < 1.29 is 4.79 Å². The highest BCUT2D eigenvalue weighted by molar-refractivity contribution is 5.99. The maximum Gasteiger partial charge on any atom is 0.276 e. The summed E-state index contributed by atoms with van der Waals surface area (Å²) in [5.41, 5.74) is 4.02. The third kappa shape index (κ3) is 3.52. The average Bonchev–Trinajstić information content (AvgIpc) is 2.47. The Kier molecular flexibility index (Phi) is 4.62. The minimum atomic E-state index is -0.124. The fourth-order valence-corrected chi connectivity index (χ4v) is 2.09. The van der Waals surface area contributed by atoms with Crippen LogP contribution in [0.25, 0.3) is 4.85 Å². The van der Waals surface area contributed by atoms with Crippen LogP contribution >= 0.6 is 0 Å². The van der Waals surface area contributed by atoms with Gasteiger partial charge in [0.05, 0.1) is 0 Å². The summed E-state index contributed by atoms with van der Waals surface area (Å²) in [7, 11) is 0. The van der Waals surface area contributed by atoms with Crippen molar-refractivity contribution in [1.82, 2.24) is 4.98 Å². The molecule has 0 aliphatic heterocycles. The molecule has 3 nitrogen and oxygen atoms in total. The van der Waals surface area contributed by atoms with Gasteiger partial charge in [-0.1, -0.05) is 29.8 Å². The molecule has 0 bridgehead atoms. The summed E-state index contributed by atoms with van der Waals surface area (Å²) >= 11 is 0. The number of aryl methyl sites for hydroxylation is 3. The molecule has 0 radical (unpaired) electrons. The Labute approximate surface area is 119 Å². The van der Waals surface area contributed by atoms with E-state index in [1.165, 1.54) is 11.1 Å². The molecule has 0 N–H and O–H groups in total. The SMILES string of the molecule is [C-]#[N+]CC(=O)c1ccncc1CCc1ccc(C)cc1. The van der Waals surface area contributed by atoms with Gasteiger partial charge in [0.2, 0.25) is 5.78 Å². The molecule has 0 aliphatic rings. The lowest BCUT2D eigenvalue weighted by atomic mass is 9.99. The molecule has 0 saturated heterocycles. The Balaban J connectivity index is 2.11.